The largest absolute Gasteiger partial charge is 0.430 e. The predicted octanol–water partition coefficient (Wildman–Crippen LogP) is 4.91. The van der Waals surface area contributed by atoms with Crippen LogP contribution in [0.1, 0.15) is 5.56 Å². The van der Waals surface area contributed by atoms with Crippen LogP contribution in [0.15, 0.2) is 40.9 Å². The molecule has 0 aromatic heterocycles. The van der Waals surface area contributed by atoms with E-state index in [4.69, 9.17) is 0 Å². The Morgan fingerprint density at radius 2 is 1.24 bits per heavy atom. The van der Waals surface area contributed by atoms with Crippen molar-refractivity contribution in [1.82, 2.24) is 0 Å². The van der Waals surface area contributed by atoms with E-state index in [0.29, 0.717) is 22.0 Å². The van der Waals surface area contributed by atoms with Gasteiger partial charge in [-0.2, -0.15) is 26.3 Å². The third-order valence-electron chi connectivity index (χ3n) is 3.04. The second-order valence-corrected chi connectivity index (χ2v) is 5.33. The van der Waals surface area contributed by atoms with Gasteiger partial charge in [0, 0.05) is 10.0 Å². The zero-order chi connectivity index (χ0) is 16.1. The summed E-state index contributed by atoms with van der Waals surface area (Å²) >= 11 is 3.14. The maximum absolute atomic E-state index is 12.8. The maximum Gasteiger partial charge on any atom is 0.430 e. The molecule has 2 aromatic carbocycles. The highest BCUT2D eigenvalue weighted by Crippen LogP contribution is 2.50. The first kappa shape index (κ1) is 16.1. The normalized spacial score (nSPS) is 13.7. The van der Waals surface area contributed by atoms with Crippen molar-refractivity contribution in [3.05, 3.63) is 46.4 Å². The molecule has 2 rings (SSSR count). The first-order chi connectivity index (χ1) is 9.47. The Labute approximate surface area is 123 Å². The Kier molecular flexibility index (Phi) is 3.74. The quantitative estimate of drug-likeness (QED) is 0.704. The van der Waals surface area contributed by atoms with Crippen LogP contribution in [0, 0.1) is 0 Å². The maximum atomic E-state index is 12.8. The van der Waals surface area contributed by atoms with E-state index in [2.05, 4.69) is 15.9 Å². The molecule has 0 heterocycles. The number of alkyl halides is 6. The molecule has 8 heteroatoms. The van der Waals surface area contributed by atoms with Gasteiger partial charge in [-0.15, -0.1) is 0 Å². The summed E-state index contributed by atoms with van der Waals surface area (Å²) in [6.45, 7) is 0. The minimum Gasteiger partial charge on any atom is -0.369 e. The van der Waals surface area contributed by atoms with Gasteiger partial charge in [0.2, 0.25) is 0 Å². The zero-order valence-electron chi connectivity index (χ0n) is 10.1. The van der Waals surface area contributed by atoms with Gasteiger partial charge < -0.3 is 5.11 Å². The molecule has 0 bridgehead atoms. The van der Waals surface area contributed by atoms with Crippen molar-refractivity contribution in [3.8, 4) is 0 Å². The average Bonchev–Trinajstić information content (AvgIpc) is 2.34. The van der Waals surface area contributed by atoms with E-state index in [9.17, 15) is 31.4 Å². The summed E-state index contributed by atoms with van der Waals surface area (Å²) < 4.78 is 77.3. The molecule has 0 saturated heterocycles. The molecule has 0 unspecified atom stereocenters. The fraction of sp³-hybridized carbons (Fsp3) is 0.231. The summed E-state index contributed by atoms with van der Waals surface area (Å²) in [4.78, 5) is 0. The van der Waals surface area contributed by atoms with E-state index in [1.165, 1.54) is 12.1 Å². The lowest BCUT2D eigenvalue weighted by atomic mass is 9.90. The Bertz CT molecular complexity index is 662. The van der Waals surface area contributed by atoms with Crippen LogP contribution in [0.2, 0.25) is 0 Å². The number of hydrogen-bond acceptors (Lipinski definition) is 1. The van der Waals surface area contributed by atoms with Crippen molar-refractivity contribution in [3.63, 3.8) is 0 Å². The van der Waals surface area contributed by atoms with Gasteiger partial charge in [0.25, 0.3) is 5.60 Å². The lowest BCUT2D eigenvalue weighted by molar-refractivity contribution is -0.376. The van der Waals surface area contributed by atoms with Gasteiger partial charge in [-0.25, -0.2) is 0 Å². The summed E-state index contributed by atoms with van der Waals surface area (Å²) in [7, 11) is 0. The Morgan fingerprint density at radius 3 is 1.76 bits per heavy atom. The molecule has 0 fully saturated rings. The standard InChI is InChI=1S/C13H7BrF6O/c14-10-4-2-7-5-9(3-1-8(7)6-10)11(21,12(15,16)17)13(18,19)20/h1-6,21H. The monoisotopic (exact) mass is 372 g/mol. The molecule has 1 nitrogen and oxygen atoms in total. The van der Waals surface area contributed by atoms with E-state index in [1.54, 1.807) is 6.07 Å². The number of benzene rings is 2. The van der Waals surface area contributed by atoms with E-state index in [1.807, 2.05) is 0 Å². The lowest BCUT2D eigenvalue weighted by Crippen LogP contribution is -2.53. The molecule has 0 aliphatic rings. The van der Waals surface area contributed by atoms with Crippen molar-refractivity contribution in [2.24, 2.45) is 0 Å². The van der Waals surface area contributed by atoms with Crippen molar-refractivity contribution < 1.29 is 31.4 Å². The van der Waals surface area contributed by atoms with Crippen LogP contribution in [0.4, 0.5) is 26.3 Å². The molecule has 0 radical (unpaired) electrons. The number of rotatable bonds is 1. The van der Waals surface area contributed by atoms with Crippen LogP contribution in [-0.2, 0) is 5.60 Å². The van der Waals surface area contributed by atoms with Crippen LogP contribution in [0.25, 0.3) is 10.8 Å². The highest BCUT2D eigenvalue weighted by atomic mass is 79.9. The highest BCUT2D eigenvalue weighted by molar-refractivity contribution is 9.10. The number of halogens is 7. The SMILES string of the molecule is OC(c1ccc2cc(Br)ccc2c1)(C(F)(F)F)C(F)(F)F. The Balaban J connectivity index is 2.70. The molecular weight excluding hydrogens is 366 g/mol. The fourth-order valence-corrected chi connectivity index (χ4v) is 2.31. The van der Waals surface area contributed by atoms with Gasteiger partial charge in [-0.3, -0.25) is 0 Å². The molecule has 0 aliphatic carbocycles. The van der Waals surface area contributed by atoms with Crippen molar-refractivity contribution in [1.29, 1.82) is 0 Å². The van der Waals surface area contributed by atoms with E-state index < -0.39 is 23.5 Å². The second-order valence-electron chi connectivity index (χ2n) is 4.41. The van der Waals surface area contributed by atoms with Crippen LogP contribution in [0.5, 0.6) is 0 Å². The van der Waals surface area contributed by atoms with Crippen molar-refractivity contribution >= 4 is 26.7 Å². The number of fused-ring (bicyclic) bond motifs is 1. The van der Waals surface area contributed by atoms with E-state index in [-0.39, 0.29) is 5.39 Å². The average molecular weight is 373 g/mol. The van der Waals surface area contributed by atoms with Crippen LogP contribution in [-0.4, -0.2) is 17.5 Å². The minimum atomic E-state index is -5.88. The summed E-state index contributed by atoms with van der Waals surface area (Å²) in [6, 6.07) is 6.78. The van der Waals surface area contributed by atoms with Gasteiger partial charge in [0.1, 0.15) is 0 Å². The van der Waals surface area contributed by atoms with Crippen molar-refractivity contribution in [2.75, 3.05) is 0 Å². The van der Waals surface area contributed by atoms with Gasteiger partial charge in [-0.05, 0) is 29.0 Å². The second kappa shape index (κ2) is 4.88. The third-order valence-corrected chi connectivity index (χ3v) is 3.53. The zero-order valence-corrected chi connectivity index (χ0v) is 11.6. The fourth-order valence-electron chi connectivity index (χ4n) is 1.93. The van der Waals surface area contributed by atoms with Crippen molar-refractivity contribution in [2.45, 2.75) is 18.0 Å². The number of hydrogen-bond donors (Lipinski definition) is 1. The Morgan fingerprint density at radius 1 is 0.762 bits per heavy atom. The third kappa shape index (κ3) is 2.62. The van der Waals surface area contributed by atoms with E-state index in [0.717, 1.165) is 6.07 Å². The summed E-state index contributed by atoms with van der Waals surface area (Å²) in [6.07, 6.45) is -11.8. The molecule has 21 heavy (non-hydrogen) atoms. The molecular formula is C13H7BrF6O. The topological polar surface area (TPSA) is 20.2 Å². The Hall–Kier alpha value is -1.28. The molecule has 0 amide bonds. The molecule has 0 spiro atoms. The summed E-state index contributed by atoms with van der Waals surface area (Å²) in [5.74, 6) is 0. The first-order valence-electron chi connectivity index (χ1n) is 5.52. The molecule has 1 N–H and O–H groups in total. The first-order valence-corrected chi connectivity index (χ1v) is 6.32. The number of aliphatic hydroxyl groups is 1. The van der Waals surface area contributed by atoms with Crippen LogP contribution >= 0.6 is 15.9 Å². The van der Waals surface area contributed by atoms with Gasteiger partial charge in [0.05, 0.1) is 0 Å². The molecule has 0 atom stereocenters. The van der Waals surface area contributed by atoms with Gasteiger partial charge >= 0.3 is 12.4 Å². The van der Waals surface area contributed by atoms with Crippen LogP contribution in [0.3, 0.4) is 0 Å². The van der Waals surface area contributed by atoms with Gasteiger partial charge in [-0.1, -0.05) is 34.1 Å². The van der Waals surface area contributed by atoms with E-state index >= 15 is 0 Å². The summed E-state index contributed by atoms with van der Waals surface area (Å²) in [5.41, 5.74) is -6.17. The molecule has 0 saturated carbocycles. The lowest BCUT2D eigenvalue weighted by Gasteiger charge is -2.32. The molecule has 114 valence electrons. The van der Waals surface area contributed by atoms with Crippen LogP contribution < -0.4 is 0 Å². The van der Waals surface area contributed by atoms with Gasteiger partial charge in [0.15, 0.2) is 0 Å². The highest BCUT2D eigenvalue weighted by Gasteiger charge is 2.71. The smallest absolute Gasteiger partial charge is 0.369 e. The molecule has 0 aliphatic heterocycles. The predicted molar refractivity (Wildman–Crippen MR) is 67.7 cm³/mol. The minimum absolute atomic E-state index is 0.155. The summed E-state index contributed by atoms with van der Waals surface area (Å²) in [5, 5.41) is 9.91. The molecule has 2 aromatic rings.